The number of rotatable bonds is 2. The number of Topliss-reactive ketones (excluding diaryl/α,β-unsaturated/α-hetero) is 1. The summed E-state index contributed by atoms with van der Waals surface area (Å²) in [4.78, 5) is 11.3. The molecule has 2 rings (SSSR count). The van der Waals surface area contributed by atoms with Gasteiger partial charge in [-0.3, -0.25) is 9.48 Å². The Hall–Kier alpha value is -0.640. The molecule has 1 aromatic rings. The molecule has 3 nitrogen and oxygen atoms in total. The van der Waals surface area contributed by atoms with Crippen molar-refractivity contribution < 1.29 is 4.79 Å². The second-order valence-corrected chi connectivity index (χ2v) is 4.89. The molecule has 15 heavy (non-hydrogen) atoms. The molecule has 4 heteroatoms. The fraction of sp³-hybridized carbons (Fsp3) is 0.636. The van der Waals surface area contributed by atoms with Crippen LogP contribution in [-0.2, 0) is 0 Å². The van der Waals surface area contributed by atoms with Gasteiger partial charge in [0.1, 0.15) is 4.60 Å². The number of aromatic nitrogens is 2. The molecule has 0 aliphatic heterocycles. The van der Waals surface area contributed by atoms with Gasteiger partial charge in [0.05, 0.1) is 17.8 Å². The quantitative estimate of drug-likeness (QED) is 0.773. The van der Waals surface area contributed by atoms with Crippen LogP contribution in [0.25, 0.3) is 0 Å². The van der Waals surface area contributed by atoms with Gasteiger partial charge in [0.2, 0.25) is 0 Å². The summed E-state index contributed by atoms with van der Waals surface area (Å²) < 4.78 is 2.82. The highest BCUT2D eigenvalue weighted by Gasteiger charge is 2.20. The zero-order valence-corrected chi connectivity index (χ0v) is 10.5. The molecule has 0 N–H and O–H groups in total. The highest BCUT2D eigenvalue weighted by atomic mass is 79.9. The fourth-order valence-corrected chi connectivity index (χ4v) is 2.93. The highest BCUT2D eigenvalue weighted by molar-refractivity contribution is 9.10. The van der Waals surface area contributed by atoms with Gasteiger partial charge in [-0.25, -0.2) is 0 Å². The fourth-order valence-electron chi connectivity index (χ4n) is 2.16. The summed E-state index contributed by atoms with van der Waals surface area (Å²) in [6.45, 7) is 1.58. The smallest absolute Gasteiger partial charge is 0.164 e. The second kappa shape index (κ2) is 4.47. The Balaban J connectivity index is 2.24. The van der Waals surface area contributed by atoms with Crippen molar-refractivity contribution >= 4 is 21.7 Å². The van der Waals surface area contributed by atoms with Crippen molar-refractivity contribution in [3.05, 3.63) is 16.4 Å². The van der Waals surface area contributed by atoms with E-state index in [0.717, 1.165) is 4.60 Å². The summed E-state index contributed by atoms with van der Waals surface area (Å²) in [6, 6.07) is 0.473. The van der Waals surface area contributed by atoms with Crippen LogP contribution >= 0.6 is 15.9 Å². The third-order valence-electron chi connectivity index (χ3n) is 3.03. The largest absolute Gasteiger partial charge is 0.294 e. The molecule has 0 atom stereocenters. The molecular weight excluding hydrogens is 256 g/mol. The molecule has 0 saturated heterocycles. The van der Waals surface area contributed by atoms with Crippen molar-refractivity contribution in [2.24, 2.45) is 0 Å². The van der Waals surface area contributed by atoms with E-state index in [9.17, 15) is 4.79 Å². The zero-order valence-electron chi connectivity index (χ0n) is 8.87. The van der Waals surface area contributed by atoms with Gasteiger partial charge in [0.15, 0.2) is 5.78 Å². The third kappa shape index (κ3) is 2.14. The van der Waals surface area contributed by atoms with Crippen molar-refractivity contribution in [3.8, 4) is 0 Å². The molecule has 0 unspecified atom stereocenters. The van der Waals surface area contributed by atoms with Crippen LogP contribution in [0, 0.1) is 0 Å². The predicted molar refractivity (Wildman–Crippen MR) is 62.1 cm³/mol. The minimum atomic E-state index is 0.0731. The van der Waals surface area contributed by atoms with Gasteiger partial charge < -0.3 is 0 Å². The average molecular weight is 271 g/mol. The molecule has 0 bridgehead atoms. The van der Waals surface area contributed by atoms with Crippen molar-refractivity contribution in [2.75, 3.05) is 0 Å². The number of halogens is 1. The van der Waals surface area contributed by atoms with E-state index < -0.39 is 0 Å². The van der Waals surface area contributed by atoms with Gasteiger partial charge >= 0.3 is 0 Å². The van der Waals surface area contributed by atoms with Gasteiger partial charge in [-0.15, -0.1) is 0 Å². The number of hydrogen-bond acceptors (Lipinski definition) is 2. The highest BCUT2D eigenvalue weighted by Crippen LogP contribution is 2.31. The first-order chi connectivity index (χ1) is 7.20. The monoisotopic (exact) mass is 270 g/mol. The van der Waals surface area contributed by atoms with Gasteiger partial charge in [0, 0.05) is 0 Å². The van der Waals surface area contributed by atoms with Crippen molar-refractivity contribution in [3.63, 3.8) is 0 Å². The standard InChI is InChI=1S/C11H15BrN2O/c1-8(15)10-7-13-14(11(10)12)9-5-3-2-4-6-9/h7,9H,2-6H2,1H3. The van der Waals surface area contributed by atoms with Crippen molar-refractivity contribution in [2.45, 2.75) is 45.1 Å². The van der Waals surface area contributed by atoms with E-state index in [1.54, 1.807) is 13.1 Å². The van der Waals surface area contributed by atoms with Crippen molar-refractivity contribution in [1.82, 2.24) is 9.78 Å². The summed E-state index contributed by atoms with van der Waals surface area (Å²) in [6.07, 6.45) is 7.89. The summed E-state index contributed by atoms with van der Waals surface area (Å²) in [5.41, 5.74) is 0.695. The Kier molecular flexibility index (Phi) is 3.24. The van der Waals surface area contributed by atoms with Crippen LogP contribution in [0.4, 0.5) is 0 Å². The molecule has 82 valence electrons. The molecule has 1 saturated carbocycles. The van der Waals surface area contributed by atoms with E-state index in [-0.39, 0.29) is 5.78 Å². The Morgan fingerprint density at radius 2 is 2.13 bits per heavy atom. The average Bonchev–Trinajstić information content (AvgIpc) is 2.61. The minimum absolute atomic E-state index is 0.0731. The lowest BCUT2D eigenvalue weighted by molar-refractivity contribution is 0.101. The third-order valence-corrected chi connectivity index (χ3v) is 3.83. The molecule has 0 spiro atoms. The first-order valence-corrected chi connectivity index (χ1v) is 6.23. The summed E-state index contributed by atoms with van der Waals surface area (Å²) in [5.74, 6) is 0.0731. The van der Waals surface area contributed by atoms with Gasteiger partial charge in [-0.05, 0) is 35.7 Å². The summed E-state index contributed by atoms with van der Waals surface area (Å²) in [5, 5.41) is 4.31. The predicted octanol–water partition coefficient (Wildman–Crippen LogP) is 3.35. The molecule has 0 aromatic carbocycles. The van der Waals surface area contributed by atoms with Gasteiger partial charge in [0.25, 0.3) is 0 Å². The van der Waals surface area contributed by atoms with Crippen LogP contribution in [0.1, 0.15) is 55.4 Å². The lowest BCUT2D eigenvalue weighted by atomic mass is 9.96. The van der Waals surface area contributed by atoms with Gasteiger partial charge in [-0.2, -0.15) is 5.10 Å². The number of ketones is 1. The molecule has 1 heterocycles. The normalized spacial score (nSPS) is 18.0. The first-order valence-electron chi connectivity index (χ1n) is 5.44. The Morgan fingerprint density at radius 1 is 1.47 bits per heavy atom. The van der Waals surface area contributed by atoms with E-state index in [1.165, 1.54) is 32.1 Å². The molecule has 0 radical (unpaired) electrons. The molecular formula is C11H15BrN2O. The lowest BCUT2D eigenvalue weighted by Gasteiger charge is -2.22. The van der Waals surface area contributed by atoms with E-state index in [4.69, 9.17) is 0 Å². The Labute approximate surface area is 98.0 Å². The van der Waals surface area contributed by atoms with Crippen LogP contribution in [-0.4, -0.2) is 15.6 Å². The minimum Gasteiger partial charge on any atom is -0.294 e. The molecule has 0 amide bonds. The number of carbonyl (C=O) groups is 1. The topological polar surface area (TPSA) is 34.9 Å². The molecule has 1 aliphatic rings. The number of hydrogen-bond donors (Lipinski definition) is 0. The van der Waals surface area contributed by atoms with E-state index >= 15 is 0 Å². The van der Waals surface area contributed by atoms with Crippen LogP contribution < -0.4 is 0 Å². The number of nitrogens with zero attached hydrogens (tertiary/aromatic N) is 2. The molecule has 1 fully saturated rings. The molecule has 1 aliphatic carbocycles. The van der Waals surface area contributed by atoms with E-state index in [1.807, 2.05) is 4.68 Å². The maximum absolute atomic E-state index is 11.3. The zero-order chi connectivity index (χ0) is 10.8. The number of carbonyl (C=O) groups excluding carboxylic acids is 1. The second-order valence-electron chi connectivity index (χ2n) is 4.14. The van der Waals surface area contributed by atoms with E-state index in [2.05, 4.69) is 21.0 Å². The van der Waals surface area contributed by atoms with E-state index in [0.29, 0.717) is 11.6 Å². The first kappa shape index (κ1) is 10.9. The molecule has 1 aromatic heterocycles. The van der Waals surface area contributed by atoms with Crippen LogP contribution in [0.5, 0.6) is 0 Å². The lowest BCUT2D eigenvalue weighted by Crippen LogP contribution is -2.14. The van der Waals surface area contributed by atoms with Crippen LogP contribution in [0.3, 0.4) is 0 Å². The van der Waals surface area contributed by atoms with Crippen molar-refractivity contribution in [1.29, 1.82) is 0 Å². The maximum Gasteiger partial charge on any atom is 0.164 e. The maximum atomic E-state index is 11.3. The summed E-state index contributed by atoms with van der Waals surface area (Å²) >= 11 is 3.47. The Morgan fingerprint density at radius 3 is 2.67 bits per heavy atom. The summed E-state index contributed by atoms with van der Waals surface area (Å²) in [7, 11) is 0. The van der Waals surface area contributed by atoms with Crippen LogP contribution in [0.2, 0.25) is 0 Å². The Bertz CT molecular complexity index is 367. The van der Waals surface area contributed by atoms with Crippen LogP contribution in [0.15, 0.2) is 10.8 Å². The van der Waals surface area contributed by atoms with Gasteiger partial charge in [-0.1, -0.05) is 19.3 Å². The SMILES string of the molecule is CC(=O)c1cnn(C2CCCCC2)c1Br.